The van der Waals surface area contributed by atoms with Crippen LogP contribution in [0.1, 0.15) is 11.3 Å². The molecule has 18 heavy (non-hydrogen) atoms. The van der Waals surface area contributed by atoms with Crippen LogP contribution in [-0.4, -0.2) is 4.98 Å². The van der Waals surface area contributed by atoms with E-state index in [0.717, 1.165) is 23.7 Å². The maximum absolute atomic E-state index is 13.4. The first-order chi connectivity index (χ1) is 8.83. The van der Waals surface area contributed by atoms with E-state index in [1.807, 2.05) is 12.1 Å². The second kappa shape index (κ2) is 3.45. The van der Waals surface area contributed by atoms with Gasteiger partial charge in [-0.25, -0.2) is 4.39 Å². The number of hydrogen-bond donors (Lipinski definition) is 1. The van der Waals surface area contributed by atoms with Crippen molar-refractivity contribution in [2.45, 2.75) is 12.8 Å². The summed E-state index contributed by atoms with van der Waals surface area (Å²) in [5, 5.41) is 0.997. The first-order valence-electron chi connectivity index (χ1n) is 6.21. The predicted octanol–water partition coefficient (Wildman–Crippen LogP) is 4.07. The van der Waals surface area contributed by atoms with Crippen molar-refractivity contribution in [2.24, 2.45) is 0 Å². The Morgan fingerprint density at radius 1 is 1.00 bits per heavy atom. The highest BCUT2D eigenvalue weighted by atomic mass is 19.1. The van der Waals surface area contributed by atoms with Crippen LogP contribution in [0.4, 0.5) is 4.39 Å². The summed E-state index contributed by atoms with van der Waals surface area (Å²) in [6.07, 6.45) is 2.06. The molecule has 0 bridgehead atoms. The number of aromatic nitrogens is 1. The van der Waals surface area contributed by atoms with E-state index in [2.05, 4.69) is 23.2 Å². The highest BCUT2D eigenvalue weighted by molar-refractivity contribution is 5.99. The van der Waals surface area contributed by atoms with E-state index in [-0.39, 0.29) is 5.82 Å². The fourth-order valence-electron chi connectivity index (χ4n) is 2.96. The number of aryl methyl sites for hydroxylation is 2. The van der Waals surface area contributed by atoms with E-state index in [9.17, 15) is 4.39 Å². The number of benzene rings is 2. The average molecular weight is 237 g/mol. The van der Waals surface area contributed by atoms with E-state index in [4.69, 9.17) is 0 Å². The molecule has 2 aromatic carbocycles. The van der Waals surface area contributed by atoms with E-state index >= 15 is 0 Å². The minimum absolute atomic E-state index is 0.174. The Bertz CT molecular complexity index is 755. The Hall–Kier alpha value is -2.09. The van der Waals surface area contributed by atoms with Crippen molar-refractivity contribution in [1.29, 1.82) is 0 Å². The normalized spacial score (nSPS) is 13.4. The average Bonchev–Trinajstić information content (AvgIpc) is 2.77. The van der Waals surface area contributed by atoms with Crippen molar-refractivity contribution in [1.82, 2.24) is 4.98 Å². The van der Waals surface area contributed by atoms with E-state index in [1.165, 1.54) is 28.5 Å². The zero-order valence-electron chi connectivity index (χ0n) is 9.83. The van der Waals surface area contributed by atoms with Crippen LogP contribution in [0.5, 0.6) is 0 Å². The van der Waals surface area contributed by atoms with Gasteiger partial charge in [0.15, 0.2) is 0 Å². The molecule has 0 spiro atoms. The lowest BCUT2D eigenvalue weighted by Crippen LogP contribution is -2.02. The number of aromatic amines is 1. The first kappa shape index (κ1) is 9.89. The molecule has 0 fully saturated rings. The third kappa shape index (κ3) is 1.26. The van der Waals surface area contributed by atoms with Crippen molar-refractivity contribution in [3.63, 3.8) is 0 Å². The molecule has 1 nitrogen and oxygen atoms in total. The van der Waals surface area contributed by atoms with Crippen LogP contribution in [0.3, 0.4) is 0 Å². The molecular weight excluding hydrogens is 225 g/mol. The molecule has 0 saturated carbocycles. The summed E-state index contributed by atoms with van der Waals surface area (Å²) in [6, 6.07) is 13.4. The van der Waals surface area contributed by atoms with Crippen LogP contribution in [-0.2, 0) is 12.8 Å². The zero-order chi connectivity index (χ0) is 12.1. The molecule has 0 radical (unpaired) electrons. The summed E-state index contributed by atoms with van der Waals surface area (Å²) in [7, 11) is 0. The van der Waals surface area contributed by atoms with Gasteiger partial charge in [-0.05, 0) is 42.2 Å². The first-order valence-corrected chi connectivity index (χ1v) is 6.21. The van der Waals surface area contributed by atoms with Crippen LogP contribution in [0.2, 0.25) is 0 Å². The lowest BCUT2D eigenvalue weighted by atomic mass is 9.88. The predicted molar refractivity (Wildman–Crippen MR) is 71.1 cm³/mol. The third-order valence-electron chi connectivity index (χ3n) is 3.77. The second-order valence-corrected chi connectivity index (χ2v) is 4.83. The van der Waals surface area contributed by atoms with Gasteiger partial charge in [0.1, 0.15) is 5.82 Å². The molecule has 1 aliphatic carbocycles. The van der Waals surface area contributed by atoms with Gasteiger partial charge in [-0.1, -0.05) is 24.3 Å². The highest BCUT2D eigenvalue weighted by Gasteiger charge is 2.20. The molecule has 4 rings (SSSR count). The fourth-order valence-corrected chi connectivity index (χ4v) is 2.96. The van der Waals surface area contributed by atoms with Gasteiger partial charge >= 0.3 is 0 Å². The van der Waals surface area contributed by atoms with Gasteiger partial charge in [0.2, 0.25) is 0 Å². The molecule has 1 aromatic heterocycles. The van der Waals surface area contributed by atoms with Crippen molar-refractivity contribution < 1.29 is 4.39 Å². The van der Waals surface area contributed by atoms with Crippen molar-refractivity contribution in [2.75, 3.05) is 0 Å². The van der Waals surface area contributed by atoms with Gasteiger partial charge in [-0.3, -0.25) is 0 Å². The van der Waals surface area contributed by atoms with E-state index in [0.29, 0.717) is 0 Å². The van der Waals surface area contributed by atoms with Crippen molar-refractivity contribution in [3.05, 3.63) is 59.5 Å². The molecule has 0 aliphatic heterocycles. The molecular formula is C16H12FN. The van der Waals surface area contributed by atoms with Gasteiger partial charge in [0, 0.05) is 22.2 Å². The van der Waals surface area contributed by atoms with Crippen LogP contribution in [0.25, 0.3) is 22.0 Å². The molecule has 1 N–H and O–H groups in total. The lowest BCUT2D eigenvalue weighted by molar-refractivity contribution is 0.630. The quantitative estimate of drug-likeness (QED) is 0.606. The Morgan fingerprint density at radius 3 is 2.83 bits per heavy atom. The van der Waals surface area contributed by atoms with Crippen LogP contribution < -0.4 is 0 Å². The molecule has 1 heterocycles. The molecule has 88 valence electrons. The summed E-state index contributed by atoms with van der Waals surface area (Å²) in [6.45, 7) is 0. The van der Waals surface area contributed by atoms with E-state index in [1.54, 1.807) is 6.07 Å². The Labute approximate surface area is 104 Å². The maximum atomic E-state index is 13.4. The SMILES string of the molecule is Fc1ccc2[nH]c3c(c2c1)-c1ccccc1CC3. The molecule has 0 atom stereocenters. The topological polar surface area (TPSA) is 15.8 Å². The summed E-state index contributed by atoms with van der Waals surface area (Å²) in [5.41, 5.74) is 6.05. The summed E-state index contributed by atoms with van der Waals surface area (Å²) in [4.78, 5) is 3.42. The van der Waals surface area contributed by atoms with E-state index < -0.39 is 0 Å². The molecule has 0 amide bonds. The largest absolute Gasteiger partial charge is 0.358 e. The zero-order valence-corrected chi connectivity index (χ0v) is 9.83. The smallest absolute Gasteiger partial charge is 0.123 e. The highest BCUT2D eigenvalue weighted by Crippen LogP contribution is 2.38. The van der Waals surface area contributed by atoms with Crippen molar-refractivity contribution in [3.8, 4) is 11.1 Å². The minimum Gasteiger partial charge on any atom is -0.358 e. The number of fused-ring (bicyclic) bond motifs is 5. The molecule has 0 unspecified atom stereocenters. The maximum Gasteiger partial charge on any atom is 0.123 e. The summed E-state index contributed by atoms with van der Waals surface area (Å²) in [5.74, 6) is -0.174. The number of H-pyrrole nitrogens is 1. The van der Waals surface area contributed by atoms with Crippen molar-refractivity contribution >= 4 is 10.9 Å². The number of halogens is 1. The summed E-state index contributed by atoms with van der Waals surface area (Å²) >= 11 is 0. The minimum atomic E-state index is -0.174. The molecule has 3 aromatic rings. The molecule has 0 saturated heterocycles. The molecule has 1 aliphatic rings. The number of hydrogen-bond acceptors (Lipinski definition) is 0. The number of nitrogens with one attached hydrogen (secondary N) is 1. The van der Waals surface area contributed by atoms with Gasteiger partial charge < -0.3 is 4.98 Å². The summed E-state index contributed by atoms with van der Waals surface area (Å²) < 4.78 is 13.4. The van der Waals surface area contributed by atoms with Gasteiger partial charge in [-0.2, -0.15) is 0 Å². The number of rotatable bonds is 0. The fraction of sp³-hybridized carbons (Fsp3) is 0.125. The molecule has 2 heteroatoms. The third-order valence-corrected chi connectivity index (χ3v) is 3.77. The van der Waals surface area contributed by atoms with Crippen LogP contribution in [0.15, 0.2) is 42.5 Å². The second-order valence-electron chi connectivity index (χ2n) is 4.83. The van der Waals surface area contributed by atoms with Gasteiger partial charge in [0.05, 0.1) is 0 Å². The Morgan fingerprint density at radius 2 is 1.89 bits per heavy atom. The lowest BCUT2D eigenvalue weighted by Gasteiger charge is -2.16. The van der Waals surface area contributed by atoms with Gasteiger partial charge in [-0.15, -0.1) is 0 Å². The Balaban J connectivity index is 2.13. The Kier molecular flexibility index (Phi) is 1.90. The van der Waals surface area contributed by atoms with Gasteiger partial charge in [0.25, 0.3) is 0 Å². The van der Waals surface area contributed by atoms with Crippen LogP contribution in [0, 0.1) is 5.82 Å². The van der Waals surface area contributed by atoms with Crippen LogP contribution >= 0.6 is 0 Å². The monoisotopic (exact) mass is 237 g/mol. The standard InChI is InChI=1S/C16H12FN/c17-11-6-8-14-13(9-11)16-12-4-2-1-3-10(12)5-7-15(16)18-14/h1-4,6,8-9,18H,5,7H2.